The Morgan fingerprint density at radius 2 is 2.13 bits per heavy atom. The molecular weight excluding hydrogens is 186 g/mol. The second-order valence-corrected chi connectivity index (χ2v) is 3.47. The van der Waals surface area contributed by atoms with Gasteiger partial charge in [-0.25, -0.2) is 0 Å². The molecule has 0 N–H and O–H groups in total. The molecule has 1 radical (unpaired) electrons. The summed E-state index contributed by atoms with van der Waals surface area (Å²) in [7, 11) is 0. The van der Waals surface area contributed by atoms with Gasteiger partial charge in [0.2, 0.25) is 0 Å². The third-order valence-corrected chi connectivity index (χ3v) is 2.46. The Balaban J connectivity index is 2.12. The molecule has 0 unspecified atom stereocenters. The number of hydrogen-bond acceptors (Lipinski definition) is 2. The number of benzene rings is 1. The predicted octanol–water partition coefficient (Wildman–Crippen LogP) is 2.60. The van der Waals surface area contributed by atoms with Crippen molar-refractivity contribution in [3.63, 3.8) is 0 Å². The molecule has 0 saturated heterocycles. The van der Waals surface area contributed by atoms with Crippen LogP contribution in [-0.4, -0.2) is 31.1 Å². The Morgan fingerprint density at radius 3 is 2.73 bits per heavy atom. The van der Waals surface area contributed by atoms with Crippen molar-refractivity contribution in [1.29, 1.82) is 0 Å². The van der Waals surface area contributed by atoms with Crippen LogP contribution < -0.4 is 4.74 Å². The van der Waals surface area contributed by atoms with Crippen LogP contribution in [0.1, 0.15) is 20.3 Å². The Kier molecular flexibility index (Phi) is 5.86. The molecule has 0 bridgehead atoms. The van der Waals surface area contributed by atoms with Gasteiger partial charge in [0, 0.05) is 6.54 Å². The zero-order valence-electron chi connectivity index (χ0n) is 9.70. The summed E-state index contributed by atoms with van der Waals surface area (Å²) in [5.74, 6) is 0.914. The normalized spacial score (nSPS) is 10.6. The molecule has 83 valence electrons. The number of rotatable bonds is 7. The fourth-order valence-corrected chi connectivity index (χ4v) is 1.48. The first-order chi connectivity index (χ1) is 7.36. The van der Waals surface area contributed by atoms with E-state index in [1.165, 1.54) is 0 Å². The van der Waals surface area contributed by atoms with Gasteiger partial charge >= 0.3 is 0 Å². The summed E-state index contributed by atoms with van der Waals surface area (Å²) in [6.07, 6.45) is 1.08. The molecule has 2 heteroatoms. The zero-order chi connectivity index (χ0) is 10.9. The molecule has 0 amide bonds. The summed E-state index contributed by atoms with van der Waals surface area (Å²) in [4.78, 5) is 2.40. The molecule has 0 aromatic heterocycles. The summed E-state index contributed by atoms with van der Waals surface area (Å²) in [5, 5.41) is 0. The van der Waals surface area contributed by atoms with Crippen LogP contribution in [0.15, 0.2) is 24.3 Å². The van der Waals surface area contributed by atoms with E-state index < -0.39 is 0 Å². The minimum atomic E-state index is 0.786. The van der Waals surface area contributed by atoms with E-state index in [4.69, 9.17) is 4.74 Å². The van der Waals surface area contributed by atoms with E-state index in [0.29, 0.717) is 0 Å². The first-order valence-electron chi connectivity index (χ1n) is 5.68. The topological polar surface area (TPSA) is 12.5 Å². The third kappa shape index (κ3) is 4.84. The van der Waals surface area contributed by atoms with Crippen LogP contribution in [-0.2, 0) is 0 Å². The van der Waals surface area contributed by atoms with Crippen molar-refractivity contribution in [1.82, 2.24) is 4.90 Å². The summed E-state index contributed by atoms with van der Waals surface area (Å²) in [5.41, 5.74) is 0. The molecule has 0 saturated carbocycles. The number of hydrogen-bond donors (Lipinski definition) is 0. The SMILES string of the molecule is CCN(CC)CCCOc1c[c]ccc1. The van der Waals surface area contributed by atoms with Crippen molar-refractivity contribution >= 4 is 0 Å². The van der Waals surface area contributed by atoms with Crippen molar-refractivity contribution in [2.24, 2.45) is 0 Å². The maximum atomic E-state index is 5.59. The highest BCUT2D eigenvalue weighted by molar-refractivity contribution is 5.19. The van der Waals surface area contributed by atoms with Gasteiger partial charge in [-0.15, -0.1) is 0 Å². The highest BCUT2D eigenvalue weighted by Gasteiger charge is 1.98. The molecule has 0 heterocycles. The van der Waals surface area contributed by atoms with Crippen molar-refractivity contribution in [3.8, 4) is 5.75 Å². The van der Waals surface area contributed by atoms with Crippen molar-refractivity contribution in [2.75, 3.05) is 26.2 Å². The Hall–Kier alpha value is -1.02. The second-order valence-electron chi connectivity index (χ2n) is 3.47. The zero-order valence-corrected chi connectivity index (χ0v) is 9.70. The van der Waals surface area contributed by atoms with Gasteiger partial charge in [-0.05, 0) is 37.7 Å². The van der Waals surface area contributed by atoms with Gasteiger partial charge in [-0.2, -0.15) is 0 Å². The predicted molar refractivity (Wildman–Crippen MR) is 63.2 cm³/mol. The van der Waals surface area contributed by atoms with E-state index in [0.717, 1.165) is 38.4 Å². The van der Waals surface area contributed by atoms with Crippen molar-refractivity contribution in [3.05, 3.63) is 30.3 Å². The van der Waals surface area contributed by atoms with E-state index in [1.54, 1.807) is 0 Å². The first-order valence-corrected chi connectivity index (χ1v) is 5.68. The fourth-order valence-electron chi connectivity index (χ4n) is 1.48. The molecule has 0 aliphatic heterocycles. The fraction of sp³-hybridized carbons (Fsp3) is 0.538. The van der Waals surface area contributed by atoms with Gasteiger partial charge < -0.3 is 9.64 Å². The van der Waals surface area contributed by atoms with E-state index in [-0.39, 0.29) is 0 Å². The standard InChI is InChI=1S/C13H20NO/c1-3-14(4-2)11-8-12-15-13-9-6-5-7-10-13/h5-6,9-10H,3-4,8,11-12H2,1-2H3. The lowest BCUT2D eigenvalue weighted by Crippen LogP contribution is -2.25. The molecule has 0 spiro atoms. The van der Waals surface area contributed by atoms with Crippen molar-refractivity contribution < 1.29 is 4.74 Å². The van der Waals surface area contributed by atoms with Crippen LogP contribution in [0.4, 0.5) is 0 Å². The van der Waals surface area contributed by atoms with Gasteiger partial charge in [0.1, 0.15) is 5.75 Å². The van der Waals surface area contributed by atoms with Crippen LogP contribution in [0.5, 0.6) is 5.75 Å². The van der Waals surface area contributed by atoms with Crippen molar-refractivity contribution in [2.45, 2.75) is 20.3 Å². The van der Waals surface area contributed by atoms with E-state index >= 15 is 0 Å². The van der Waals surface area contributed by atoms with E-state index in [2.05, 4.69) is 24.8 Å². The molecule has 1 rings (SSSR count). The van der Waals surface area contributed by atoms with Crippen LogP contribution in [0.25, 0.3) is 0 Å². The Bertz CT molecular complexity index is 244. The molecule has 0 atom stereocenters. The molecule has 15 heavy (non-hydrogen) atoms. The summed E-state index contributed by atoms with van der Waals surface area (Å²) < 4.78 is 5.59. The smallest absolute Gasteiger partial charge is 0.119 e. The van der Waals surface area contributed by atoms with Gasteiger partial charge in [0.25, 0.3) is 0 Å². The minimum absolute atomic E-state index is 0.786. The number of ether oxygens (including phenoxy) is 1. The van der Waals surface area contributed by atoms with Crippen LogP contribution in [0.2, 0.25) is 0 Å². The maximum Gasteiger partial charge on any atom is 0.119 e. The van der Waals surface area contributed by atoms with E-state index in [1.807, 2.05) is 24.3 Å². The highest BCUT2D eigenvalue weighted by Crippen LogP contribution is 2.07. The molecule has 0 fully saturated rings. The number of nitrogens with zero attached hydrogens (tertiary/aromatic N) is 1. The quantitative estimate of drug-likeness (QED) is 0.636. The summed E-state index contributed by atoms with van der Waals surface area (Å²) in [6.45, 7) is 8.52. The summed E-state index contributed by atoms with van der Waals surface area (Å²) >= 11 is 0. The first kappa shape index (κ1) is 12.1. The molecule has 0 aliphatic rings. The third-order valence-electron chi connectivity index (χ3n) is 2.46. The molecular formula is C13H20NO. The average Bonchev–Trinajstić information content (AvgIpc) is 2.31. The molecule has 0 aliphatic carbocycles. The summed E-state index contributed by atoms with van der Waals surface area (Å²) in [6, 6.07) is 10.7. The average molecular weight is 206 g/mol. The van der Waals surface area contributed by atoms with Gasteiger partial charge in [-0.3, -0.25) is 0 Å². The maximum absolute atomic E-state index is 5.59. The highest BCUT2D eigenvalue weighted by atomic mass is 16.5. The lowest BCUT2D eigenvalue weighted by atomic mass is 10.3. The monoisotopic (exact) mass is 206 g/mol. The molecule has 1 aromatic rings. The lowest BCUT2D eigenvalue weighted by Gasteiger charge is -2.17. The Labute approximate surface area is 92.9 Å². The minimum Gasteiger partial charge on any atom is -0.494 e. The second kappa shape index (κ2) is 7.30. The van der Waals surface area contributed by atoms with Crippen LogP contribution in [0.3, 0.4) is 0 Å². The van der Waals surface area contributed by atoms with E-state index in [9.17, 15) is 0 Å². The Morgan fingerprint density at radius 1 is 1.33 bits per heavy atom. The van der Waals surface area contributed by atoms with Crippen LogP contribution in [0, 0.1) is 6.07 Å². The van der Waals surface area contributed by atoms with Gasteiger partial charge in [-0.1, -0.05) is 26.0 Å². The lowest BCUT2D eigenvalue weighted by molar-refractivity contribution is 0.249. The van der Waals surface area contributed by atoms with Crippen LogP contribution >= 0.6 is 0 Å². The molecule has 2 nitrogen and oxygen atoms in total. The van der Waals surface area contributed by atoms with Gasteiger partial charge in [0.05, 0.1) is 6.61 Å². The molecule has 1 aromatic carbocycles. The van der Waals surface area contributed by atoms with Gasteiger partial charge in [0.15, 0.2) is 0 Å². The largest absolute Gasteiger partial charge is 0.494 e.